The molecule has 0 saturated carbocycles. The Morgan fingerprint density at radius 2 is 2.14 bits per heavy atom. The number of amides is 1. The van der Waals surface area contributed by atoms with Gasteiger partial charge < -0.3 is 5.32 Å². The van der Waals surface area contributed by atoms with E-state index in [9.17, 15) is 4.79 Å². The first-order valence-electron chi connectivity index (χ1n) is 3.72. The fourth-order valence-corrected chi connectivity index (χ4v) is 2.16. The summed E-state index contributed by atoms with van der Waals surface area (Å²) in [6, 6.07) is 5.47. The highest BCUT2D eigenvalue weighted by Crippen LogP contribution is 2.31. The number of anilines is 1. The SMILES string of the molecule is CC(=O)Nc1ccc(Br)c(C#N)c1Br. The quantitative estimate of drug-likeness (QED) is 0.865. The van der Waals surface area contributed by atoms with E-state index in [1.54, 1.807) is 12.1 Å². The van der Waals surface area contributed by atoms with Crippen molar-refractivity contribution >= 4 is 43.5 Å². The lowest BCUT2D eigenvalue weighted by Crippen LogP contribution is -2.06. The molecule has 0 aliphatic rings. The minimum atomic E-state index is -0.170. The molecular weight excluding hydrogens is 312 g/mol. The largest absolute Gasteiger partial charge is 0.325 e. The Morgan fingerprint density at radius 3 is 2.64 bits per heavy atom. The van der Waals surface area contributed by atoms with Crippen LogP contribution in [0, 0.1) is 11.3 Å². The van der Waals surface area contributed by atoms with E-state index < -0.39 is 0 Å². The summed E-state index contributed by atoms with van der Waals surface area (Å²) in [5.74, 6) is -0.170. The third-order valence-electron chi connectivity index (χ3n) is 1.51. The zero-order chi connectivity index (χ0) is 10.7. The number of carbonyl (C=O) groups is 1. The maximum Gasteiger partial charge on any atom is 0.221 e. The molecule has 0 bridgehead atoms. The number of hydrogen-bond donors (Lipinski definition) is 1. The van der Waals surface area contributed by atoms with E-state index in [4.69, 9.17) is 5.26 Å². The molecule has 1 rings (SSSR count). The molecule has 72 valence electrons. The molecule has 0 atom stereocenters. The van der Waals surface area contributed by atoms with Gasteiger partial charge in [0.2, 0.25) is 5.91 Å². The van der Waals surface area contributed by atoms with Crippen molar-refractivity contribution in [2.45, 2.75) is 6.92 Å². The smallest absolute Gasteiger partial charge is 0.221 e. The number of hydrogen-bond acceptors (Lipinski definition) is 2. The van der Waals surface area contributed by atoms with Crippen molar-refractivity contribution in [3.05, 3.63) is 26.6 Å². The van der Waals surface area contributed by atoms with E-state index in [-0.39, 0.29) is 5.91 Å². The Hall–Kier alpha value is -0.860. The van der Waals surface area contributed by atoms with Gasteiger partial charge in [0.25, 0.3) is 0 Å². The topological polar surface area (TPSA) is 52.9 Å². The second-order valence-electron chi connectivity index (χ2n) is 2.58. The molecule has 1 aromatic carbocycles. The molecule has 5 heteroatoms. The molecule has 0 spiro atoms. The monoisotopic (exact) mass is 316 g/mol. The lowest BCUT2D eigenvalue weighted by Gasteiger charge is -2.07. The fourth-order valence-electron chi connectivity index (χ4n) is 0.941. The molecule has 0 unspecified atom stereocenters. The fraction of sp³-hybridized carbons (Fsp3) is 0.111. The van der Waals surface area contributed by atoms with Crippen LogP contribution in [0.1, 0.15) is 12.5 Å². The molecule has 14 heavy (non-hydrogen) atoms. The zero-order valence-corrected chi connectivity index (χ0v) is 10.4. The van der Waals surface area contributed by atoms with Crippen LogP contribution in [-0.2, 0) is 4.79 Å². The summed E-state index contributed by atoms with van der Waals surface area (Å²) in [5, 5.41) is 11.5. The molecule has 0 saturated heterocycles. The number of nitrogens with zero attached hydrogens (tertiary/aromatic N) is 1. The minimum absolute atomic E-state index is 0.170. The number of nitrogens with one attached hydrogen (secondary N) is 1. The number of rotatable bonds is 1. The third-order valence-corrected chi connectivity index (χ3v) is 3.00. The van der Waals surface area contributed by atoms with Crippen LogP contribution >= 0.6 is 31.9 Å². The van der Waals surface area contributed by atoms with Gasteiger partial charge >= 0.3 is 0 Å². The average molecular weight is 318 g/mol. The first-order chi connectivity index (χ1) is 6.56. The maximum atomic E-state index is 10.8. The molecule has 0 heterocycles. The summed E-state index contributed by atoms with van der Waals surface area (Å²) in [5.41, 5.74) is 1.06. The van der Waals surface area contributed by atoms with Crippen molar-refractivity contribution in [2.24, 2.45) is 0 Å². The Morgan fingerprint density at radius 1 is 1.50 bits per heavy atom. The highest BCUT2D eigenvalue weighted by Gasteiger charge is 2.09. The molecule has 1 aromatic rings. The summed E-state index contributed by atoms with van der Waals surface area (Å²) in [4.78, 5) is 10.8. The van der Waals surface area contributed by atoms with E-state index >= 15 is 0 Å². The van der Waals surface area contributed by atoms with Gasteiger partial charge in [-0.05, 0) is 44.0 Å². The predicted octanol–water partition coefficient (Wildman–Crippen LogP) is 3.04. The molecule has 0 aromatic heterocycles. The predicted molar refractivity (Wildman–Crippen MR) is 60.9 cm³/mol. The van der Waals surface area contributed by atoms with Gasteiger partial charge in [0, 0.05) is 11.4 Å². The van der Waals surface area contributed by atoms with E-state index in [2.05, 4.69) is 37.2 Å². The van der Waals surface area contributed by atoms with E-state index in [0.29, 0.717) is 20.2 Å². The van der Waals surface area contributed by atoms with E-state index in [1.807, 2.05) is 6.07 Å². The second kappa shape index (κ2) is 4.58. The molecule has 0 radical (unpaired) electrons. The van der Waals surface area contributed by atoms with Gasteiger partial charge in [-0.15, -0.1) is 0 Å². The Kier molecular flexibility index (Phi) is 3.67. The van der Waals surface area contributed by atoms with Gasteiger partial charge in [0.15, 0.2) is 0 Å². The summed E-state index contributed by atoms with van der Waals surface area (Å²) in [6.45, 7) is 1.42. The van der Waals surface area contributed by atoms with Crippen LogP contribution in [0.4, 0.5) is 5.69 Å². The van der Waals surface area contributed by atoms with Gasteiger partial charge in [-0.25, -0.2) is 0 Å². The van der Waals surface area contributed by atoms with Gasteiger partial charge in [-0.2, -0.15) is 5.26 Å². The van der Waals surface area contributed by atoms with Crippen molar-refractivity contribution in [3.63, 3.8) is 0 Å². The van der Waals surface area contributed by atoms with Crippen LogP contribution in [0.5, 0.6) is 0 Å². The van der Waals surface area contributed by atoms with Gasteiger partial charge in [-0.1, -0.05) is 0 Å². The second-order valence-corrected chi connectivity index (χ2v) is 4.22. The van der Waals surface area contributed by atoms with Crippen molar-refractivity contribution in [1.82, 2.24) is 0 Å². The van der Waals surface area contributed by atoms with Crippen molar-refractivity contribution in [1.29, 1.82) is 5.26 Å². The first kappa shape index (κ1) is 11.2. The van der Waals surface area contributed by atoms with Crippen molar-refractivity contribution in [3.8, 4) is 6.07 Å². The van der Waals surface area contributed by atoms with Gasteiger partial charge in [-0.3, -0.25) is 4.79 Å². The van der Waals surface area contributed by atoms with E-state index in [1.165, 1.54) is 6.92 Å². The maximum absolute atomic E-state index is 10.8. The van der Waals surface area contributed by atoms with Crippen LogP contribution in [0.15, 0.2) is 21.1 Å². The standard InChI is InChI=1S/C9H6Br2N2O/c1-5(14)13-8-3-2-7(10)6(4-12)9(8)11/h2-3H,1H3,(H,13,14). The molecule has 0 fully saturated rings. The van der Waals surface area contributed by atoms with Crippen molar-refractivity contribution in [2.75, 3.05) is 5.32 Å². The molecule has 1 N–H and O–H groups in total. The van der Waals surface area contributed by atoms with Crippen LogP contribution in [0.2, 0.25) is 0 Å². The molecular formula is C9H6Br2N2O. The zero-order valence-electron chi connectivity index (χ0n) is 7.27. The van der Waals surface area contributed by atoms with Crippen molar-refractivity contribution < 1.29 is 4.79 Å². The lowest BCUT2D eigenvalue weighted by molar-refractivity contribution is -0.114. The normalized spacial score (nSPS) is 9.29. The average Bonchev–Trinajstić information content (AvgIpc) is 2.10. The van der Waals surface area contributed by atoms with E-state index in [0.717, 1.165) is 0 Å². The summed E-state index contributed by atoms with van der Waals surface area (Å²) in [7, 11) is 0. The minimum Gasteiger partial charge on any atom is -0.325 e. The summed E-state index contributed by atoms with van der Waals surface area (Å²) in [6.07, 6.45) is 0. The molecule has 0 aliphatic carbocycles. The van der Waals surface area contributed by atoms with Gasteiger partial charge in [0.1, 0.15) is 6.07 Å². The van der Waals surface area contributed by atoms with Crippen LogP contribution in [0.3, 0.4) is 0 Å². The molecule has 0 aliphatic heterocycles. The lowest BCUT2D eigenvalue weighted by atomic mass is 10.2. The number of benzene rings is 1. The third kappa shape index (κ3) is 2.34. The van der Waals surface area contributed by atoms with Crippen LogP contribution in [-0.4, -0.2) is 5.91 Å². The molecule has 1 amide bonds. The highest BCUT2D eigenvalue weighted by molar-refractivity contribution is 9.11. The highest BCUT2D eigenvalue weighted by atomic mass is 79.9. The Bertz CT molecular complexity index is 424. The molecule has 3 nitrogen and oxygen atoms in total. The van der Waals surface area contributed by atoms with Crippen LogP contribution in [0.25, 0.3) is 0 Å². The van der Waals surface area contributed by atoms with Gasteiger partial charge in [0.05, 0.1) is 15.7 Å². The summed E-state index contributed by atoms with van der Waals surface area (Å²) >= 11 is 6.50. The Balaban J connectivity index is 3.23. The van der Waals surface area contributed by atoms with Crippen LogP contribution < -0.4 is 5.32 Å². The summed E-state index contributed by atoms with van der Waals surface area (Å²) < 4.78 is 1.28. The Labute approximate surface area is 98.4 Å². The number of carbonyl (C=O) groups excluding carboxylic acids is 1. The number of nitriles is 1. The number of halogens is 2. The first-order valence-corrected chi connectivity index (χ1v) is 5.30.